The molecule has 1 fully saturated rings. The van der Waals surface area contributed by atoms with Gasteiger partial charge in [-0.1, -0.05) is 0 Å². The number of nitriles is 1. The molecule has 0 saturated carbocycles. The van der Waals surface area contributed by atoms with Crippen molar-refractivity contribution in [2.45, 2.75) is 18.9 Å². The molecule has 0 radical (unpaired) electrons. The van der Waals surface area contributed by atoms with Crippen LogP contribution in [-0.4, -0.2) is 34.1 Å². The van der Waals surface area contributed by atoms with E-state index in [1.807, 2.05) is 12.1 Å². The van der Waals surface area contributed by atoms with Crippen molar-refractivity contribution in [3.63, 3.8) is 0 Å². The number of hydrogen-bond donors (Lipinski definition) is 4. The van der Waals surface area contributed by atoms with Crippen molar-refractivity contribution >= 4 is 23.0 Å². The smallest absolute Gasteiger partial charge is 0.158 e. The maximum atomic E-state index is 8.73. The maximum Gasteiger partial charge on any atom is 0.158 e. The van der Waals surface area contributed by atoms with Crippen LogP contribution in [-0.2, 0) is 0 Å². The molecule has 118 valence electrons. The first-order valence-electron chi connectivity index (χ1n) is 7.46. The van der Waals surface area contributed by atoms with Crippen molar-refractivity contribution in [1.82, 2.24) is 20.3 Å². The Morgan fingerprint density at radius 1 is 1.22 bits per heavy atom. The molecule has 1 aliphatic rings. The molecule has 0 bridgehead atoms. The normalized spacial score (nSPS) is 17.3. The molecule has 3 rings (SSSR count). The van der Waals surface area contributed by atoms with Crippen LogP contribution >= 0.6 is 0 Å². The van der Waals surface area contributed by atoms with Crippen molar-refractivity contribution in [2.75, 3.05) is 29.5 Å². The number of pyridine rings is 1. The molecule has 1 atom stereocenters. The molecule has 2 aromatic heterocycles. The van der Waals surface area contributed by atoms with E-state index in [1.54, 1.807) is 6.20 Å². The zero-order valence-corrected chi connectivity index (χ0v) is 12.6. The summed E-state index contributed by atoms with van der Waals surface area (Å²) in [7, 11) is 0. The van der Waals surface area contributed by atoms with Crippen LogP contribution in [0.3, 0.4) is 0 Å². The summed E-state index contributed by atoms with van der Waals surface area (Å²) in [6, 6.07) is 4.14. The topological polar surface area (TPSA) is 125 Å². The molecular formula is C15H18N8. The Morgan fingerprint density at radius 3 is 2.78 bits per heavy atom. The van der Waals surface area contributed by atoms with Gasteiger partial charge in [0.25, 0.3) is 0 Å². The summed E-state index contributed by atoms with van der Waals surface area (Å²) in [6.45, 7) is 1.99. The van der Waals surface area contributed by atoms with Gasteiger partial charge in [0, 0.05) is 18.7 Å². The fourth-order valence-corrected chi connectivity index (χ4v) is 2.44. The Balaban J connectivity index is 1.72. The Hall–Kier alpha value is -2.92. The van der Waals surface area contributed by atoms with Crippen molar-refractivity contribution in [3.05, 3.63) is 30.4 Å². The van der Waals surface area contributed by atoms with E-state index >= 15 is 0 Å². The van der Waals surface area contributed by atoms with E-state index in [9.17, 15) is 0 Å². The van der Waals surface area contributed by atoms with Gasteiger partial charge < -0.3 is 21.7 Å². The lowest BCUT2D eigenvalue weighted by Gasteiger charge is -2.25. The third-order valence-corrected chi connectivity index (χ3v) is 3.61. The highest BCUT2D eigenvalue weighted by Crippen LogP contribution is 2.24. The molecule has 2 aromatic rings. The minimum absolute atomic E-state index is 0.271. The summed E-state index contributed by atoms with van der Waals surface area (Å²) in [5.41, 5.74) is 7.72. The lowest BCUT2D eigenvalue weighted by atomic mass is 10.1. The summed E-state index contributed by atoms with van der Waals surface area (Å²) in [4.78, 5) is 12.3. The number of rotatable bonds is 4. The van der Waals surface area contributed by atoms with Crippen LogP contribution in [0.15, 0.2) is 24.7 Å². The largest absolute Gasteiger partial charge is 0.396 e. The maximum absolute atomic E-state index is 8.73. The summed E-state index contributed by atoms with van der Waals surface area (Å²) in [6.07, 6.45) is 6.77. The Morgan fingerprint density at radius 2 is 2.09 bits per heavy atom. The third kappa shape index (κ3) is 3.84. The number of nitrogen functional groups attached to an aromatic ring is 1. The molecule has 0 amide bonds. The summed E-state index contributed by atoms with van der Waals surface area (Å²) >= 11 is 0. The molecule has 1 aliphatic heterocycles. The molecule has 3 heterocycles. The number of aromatic nitrogens is 3. The Bertz CT molecular complexity index is 700. The van der Waals surface area contributed by atoms with Gasteiger partial charge in [-0.25, -0.2) is 15.0 Å². The standard InChI is InChI=1S/C15H18N8/c16-5-11-7-20-15(9-19-11)23-14-4-13(12(17)8-21-14)22-10-2-1-3-18-6-10/h4,7-10,18H,1-3,6,17H2,(H2,20,21,22,23)/t10-/m0/s1. The van der Waals surface area contributed by atoms with Crippen molar-refractivity contribution in [3.8, 4) is 6.07 Å². The van der Waals surface area contributed by atoms with E-state index < -0.39 is 0 Å². The molecule has 0 aromatic carbocycles. The number of hydrogen-bond acceptors (Lipinski definition) is 8. The summed E-state index contributed by atoms with van der Waals surface area (Å²) in [5.74, 6) is 1.14. The molecule has 5 N–H and O–H groups in total. The van der Waals surface area contributed by atoms with Crippen LogP contribution in [0.5, 0.6) is 0 Å². The highest BCUT2D eigenvalue weighted by molar-refractivity contribution is 5.70. The van der Waals surface area contributed by atoms with Gasteiger partial charge in [-0.2, -0.15) is 5.26 Å². The van der Waals surface area contributed by atoms with Crippen molar-refractivity contribution < 1.29 is 0 Å². The average Bonchev–Trinajstić information content (AvgIpc) is 2.59. The molecule has 0 unspecified atom stereocenters. The minimum atomic E-state index is 0.271. The SMILES string of the molecule is N#Cc1cnc(Nc2cc(N[C@H]3CCCNC3)c(N)cn2)cn1. The zero-order chi connectivity index (χ0) is 16.1. The van der Waals surface area contributed by atoms with Crippen molar-refractivity contribution in [1.29, 1.82) is 5.26 Å². The highest BCUT2D eigenvalue weighted by atomic mass is 15.1. The van der Waals surface area contributed by atoms with E-state index in [1.165, 1.54) is 12.4 Å². The van der Waals surface area contributed by atoms with Gasteiger partial charge in [0.15, 0.2) is 5.69 Å². The Labute approximate surface area is 134 Å². The lowest BCUT2D eigenvalue weighted by Crippen LogP contribution is -2.38. The predicted molar refractivity (Wildman–Crippen MR) is 88.2 cm³/mol. The molecule has 8 heteroatoms. The molecular weight excluding hydrogens is 292 g/mol. The van der Waals surface area contributed by atoms with Crippen LogP contribution in [0.1, 0.15) is 18.5 Å². The molecule has 8 nitrogen and oxygen atoms in total. The second kappa shape index (κ2) is 6.89. The van der Waals surface area contributed by atoms with E-state index in [0.717, 1.165) is 31.6 Å². The minimum Gasteiger partial charge on any atom is -0.396 e. The van der Waals surface area contributed by atoms with Gasteiger partial charge in [-0.05, 0) is 19.4 Å². The Kier molecular flexibility index (Phi) is 4.49. The summed E-state index contributed by atoms with van der Waals surface area (Å²) < 4.78 is 0. The van der Waals surface area contributed by atoms with Crippen LogP contribution in [0.2, 0.25) is 0 Å². The zero-order valence-electron chi connectivity index (χ0n) is 12.6. The average molecular weight is 310 g/mol. The van der Waals surface area contributed by atoms with Crippen LogP contribution < -0.4 is 21.7 Å². The van der Waals surface area contributed by atoms with E-state index in [-0.39, 0.29) is 5.69 Å². The summed E-state index contributed by atoms with van der Waals surface area (Å²) in [5, 5.41) is 18.6. The first kappa shape index (κ1) is 15.0. The second-order valence-corrected chi connectivity index (χ2v) is 5.37. The fraction of sp³-hybridized carbons (Fsp3) is 0.333. The molecule has 0 spiro atoms. The van der Waals surface area contributed by atoms with Gasteiger partial charge in [-0.3, -0.25) is 0 Å². The van der Waals surface area contributed by atoms with Crippen LogP contribution in [0.25, 0.3) is 0 Å². The van der Waals surface area contributed by atoms with Gasteiger partial charge in [-0.15, -0.1) is 0 Å². The molecule has 23 heavy (non-hydrogen) atoms. The number of piperidine rings is 1. The van der Waals surface area contributed by atoms with E-state index in [4.69, 9.17) is 11.0 Å². The number of nitrogens with zero attached hydrogens (tertiary/aromatic N) is 4. The van der Waals surface area contributed by atoms with Crippen LogP contribution in [0.4, 0.5) is 23.0 Å². The number of anilines is 4. The van der Waals surface area contributed by atoms with Crippen LogP contribution in [0, 0.1) is 11.3 Å². The highest BCUT2D eigenvalue weighted by Gasteiger charge is 2.14. The quantitative estimate of drug-likeness (QED) is 0.664. The lowest BCUT2D eigenvalue weighted by molar-refractivity contribution is 0.480. The third-order valence-electron chi connectivity index (χ3n) is 3.61. The molecule has 0 aliphatic carbocycles. The van der Waals surface area contributed by atoms with Gasteiger partial charge in [0.2, 0.25) is 0 Å². The second-order valence-electron chi connectivity index (χ2n) is 5.37. The first-order chi connectivity index (χ1) is 11.2. The number of nitrogens with one attached hydrogen (secondary N) is 3. The fourth-order valence-electron chi connectivity index (χ4n) is 2.44. The monoisotopic (exact) mass is 310 g/mol. The van der Waals surface area contributed by atoms with Gasteiger partial charge >= 0.3 is 0 Å². The molecule has 1 saturated heterocycles. The first-order valence-corrected chi connectivity index (χ1v) is 7.46. The van der Waals surface area contributed by atoms with E-state index in [0.29, 0.717) is 23.4 Å². The van der Waals surface area contributed by atoms with Gasteiger partial charge in [0.1, 0.15) is 17.7 Å². The van der Waals surface area contributed by atoms with Gasteiger partial charge in [0.05, 0.1) is 30.0 Å². The number of nitrogens with two attached hydrogens (primary N) is 1. The predicted octanol–water partition coefficient (Wildman–Crippen LogP) is 1.23. The van der Waals surface area contributed by atoms with Crippen molar-refractivity contribution in [2.24, 2.45) is 0 Å². The van der Waals surface area contributed by atoms with E-state index in [2.05, 4.69) is 30.9 Å².